The number of benzene rings is 1. The van der Waals surface area contributed by atoms with Crippen LogP contribution in [-0.4, -0.2) is 11.5 Å². The third-order valence-electron chi connectivity index (χ3n) is 2.20. The van der Waals surface area contributed by atoms with Crippen molar-refractivity contribution in [3.05, 3.63) is 33.9 Å². The molecule has 0 saturated carbocycles. The van der Waals surface area contributed by atoms with Crippen LogP contribution in [0.2, 0.25) is 0 Å². The third kappa shape index (κ3) is 3.51. The van der Waals surface area contributed by atoms with Gasteiger partial charge >= 0.3 is 0 Å². The zero-order valence-electron chi connectivity index (χ0n) is 9.31. The van der Waals surface area contributed by atoms with Gasteiger partial charge in [0.2, 0.25) is 0 Å². The normalized spacial score (nSPS) is 10.3. The van der Waals surface area contributed by atoms with Crippen LogP contribution >= 0.6 is 0 Å². The van der Waals surface area contributed by atoms with Crippen molar-refractivity contribution in [2.24, 2.45) is 0 Å². The van der Waals surface area contributed by atoms with Crippen molar-refractivity contribution < 1.29 is 9.66 Å². The summed E-state index contributed by atoms with van der Waals surface area (Å²) in [7, 11) is 0. The van der Waals surface area contributed by atoms with E-state index in [0.717, 1.165) is 18.4 Å². The topological polar surface area (TPSA) is 78.4 Å². The maximum atomic E-state index is 10.6. The van der Waals surface area contributed by atoms with Gasteiger partial charge in [-0.15, -0.1) is 0 Å². The van der Waals surface area contributed by atoms with Crippen LogP contribution in [0.5, 0.6) is 0 Å². The Labute approximate surface area is 94.4 Å². The number of anilines is 1. The number of ether oxygens (including phenoxy) is 1. The molecule has 1 aromatic carbocycles. The lowest BCUT2D eigenvalue weighted by Crippen LogP contribution is -1.99. The summed E-state index contributed by atoms with van der Waals surface area (Å²) in [5.41, 5.74) is 6.38. The molecule has 5 heteroatoms. The molecule has 5 nitrogen and oxygen atoms in total. The van der Waals surface area contributed by atoms with Crippen molar-refractivity contribution in [3.8, 4) is 0 Å². The molecule has 0 saturated heterocycles. The van der Waals surface area contributed by atoms with Crippen LogP contribution in [0.3, 0.4) is 0 Å². The quantitative estimate of drug-likeness (QED) is 0.348. The van der Waals surface area contributed by atoms with Crippen LogP contribution in [-0.2, 0) is 11.3 Å². The van der Waals surface area contributed by atoms with E-state index in [1.54, 1.807) is 6.07 Å². The second-order valence-electron chi connectivity index (χ2n) is 3.56. The second-order valence-corrected chi connectivity index (χ2v) is 3.56. The Kier molecular flexibility index (Phi) is 4.72. The summed E-state index contributed by atoms with van der Waals surface area (Å²) in [6, 6.07) is 4.74. The van der Waals surface area contributed by atoms with Crippen LogP contribution in [0.25, 0.3) is 0 Å². The van der Waals surface area contributed by atoms with E-state index in [0.29, 0.717) is 13.2 Å². The van der Waals surface area contributed by atoms with Gasteiger partial charge in [-0.05, 0) is 18.1 Å². The summed E-state index contributed by atoms with van der Waals surface area (Å²) < 4.78 is 5.37. The molecule has 2 N–H and O–H groups in total. The number of nitro benzene ring substituents is 1. The Bertz CT molecular complexity index is 366. The highest BCUT2D eigenvalue weighted by molar-refractivity contribution is 5.59. The fourth-order valence-corrected chi connectivity index (χ4v) is 1.27. The van der Waals surface area contributed by atoms with E-state index in [-0.39, 0.29) is 11.4 Å². The zero-order valence-corrected chi connectivity index (χ0v) is 9.31. The molecular weight excluding hydrogens is 208 g/mol. The van der Waals surface area contributed by atoms with Crippen LogP contribution in [0.15, 0.2) is 18.2 Å². The molecule has 0 atom stereocenters. The SMILES string of the molecule is CCCCOCc1ccc(N)c([N+](=O)[O-])c1. The zero-order chi connectivity index (χ0) is 12.0. The number of nitro groups is 1. The average molecular weight is 224 g/mol. The first-order valence-electron chi connectivity index (χ1n) is 5.25. The second kappa shape index (κ2) is 6.07. The number of hydrogen-bond acceptors (Lipinski definition) is 4. The van der Waals surface area contributed by atoms with E-state index in [4.69, 9.17) is 10.5 Å². The summed E-state index contributed by atoms with van der Waals surface area (Å²) in [4.78, 5) is 10.2. The Balaban J connectivity index is 2.61. The third-order valence-corrected chi connectivity index (χ3v) is 2.20. The van der Waals surface area contributed by atoms with Crippen LogP contribution in [0, 0.1) is 10.1 Å². The smallest absolute Gasteiger partial charge is 0.292 e. The number of nitrogen functional groups attached to an aromatic ring is 1. The Morgan fingerprint density at radius 1 is 1.50 bits per heavy atom. The van der Waals surface area contributed by atoms with E-state index < -0.39 is 4.92 Å². The number of nitrogens with zero attached hydrogens (tertiary/aromatic N) is 1. The highest BCUT2D eigenvalue weighted by Crippen LogP contribution is 2.22. The lowest BCUT2D eigenvalue weighted by atomic mass is 10.2. The van der Waals surface area contributed by atoms with E-state index in [9.17, 15) is 10.1 Å². The van der Waals surface area contributed by atoms with Gasteiger partial charge in [0.15, 0.2) is 0 Å². The minimum Gasteiger partial charge on any atom is -0.393 e. The first-order valence-corrected chi connectivity index (χ1v) is 5.25. The van der Waals surface area contributed by atoms with E-state index in [2.05, 4.69) is 6.92 Å². The van der Waals surface area contributed by atoms with Crippen molar-refractivity contribution in [3.63, 3.8) is 0 Å². The molecule has 0 aromatic heterocycles. The maximum Gasteiger partial charge on any atom is 0.292 e. The molecule has 1 aromatic rings. The molecular formula is C11H16N2O3. The molecule has 0 heterocycles. The summed E-state index contributed by atoms with van der Waals surface area (Å²) in [5.74, 6) is 0. The van der Waals surface area contributed by atoms with Crippen molar-refractivity contribution in [1.82, 2.24) is 0 Å². The summed E-state index contributed by atoms with van der Waals surface area (Å²) in [6.45, 7) is 3.15. The molecule has 0 aliphatic heterocycles. The largest absolute Gasteiger partial charge is 0.393 e. The van der Waals surface area contributed by atoms with Gasteiger partial charge in [-0.1, -0.05) is 19.4 Å². The molecule has 0 amide bonds. The highest BCUT2D eigenvalue weighted by atomic mass is 16.6. The summed E-state index contributed by atoms with van der Waals surface area (Å²) >= 11 is 0. The number of hydrogen-bond donors (Lipinski definition) is 1. The number of unbranched alkanes of at least 4 members (excludes halogenated alkanes) is 1. The molecule has 16 heavy (non-hydrogen) atoms. The van der Waals surface area contributed by atoms with E-state index >= 15 is 0 Å². The first-order chi connectivity index (χ1) is 7.65. The van der Waals surface area contributed by atoms with Crippen LogP contribution in [0.4, 0.5) is 11.4 Å². The van der Waals surface area contributed by atoms with Gasteiger partial charge in [0, 0.05) is 12.7 Å². The van der Waals surface area contributed by atoms with E-state index in [1.807, 2.05) is 0 Å². The van der Waals surface area contributed by atoms with Gasteiger partial charge in [-0.25, -0.2) is 0 Å². The maximum absolute atomic E-state index is 10.6. The predicted octanol–water partition coefficient (Wildman–Crippen LogP) is 2.49. The van der Waals surface area contributed by atoms with Crippen LogP contribution < -0.4 is 5.73 Å². The molecule has 0 fully saturated rings. The van der Waals surface area contributed by atoms with Crippen molar-refractivity contribution in [2.75, 3.05) is 12.3 Å². The van der Waals surface area contributed by atoms with Crippen molar-refractivity contribution in [1.29, 1.82) is 0 Å². The van der Waals surface area contributed by atoms with Gasteiger partial charge in [-0.3, -0.25) is 10.1 Å². The van der Waals surface area contributed by atoms with Gasteiger partial charge < -0.3 is 10.5 Å². The minimum absolute atomic E-state index is 0.0587. The molecule has 0 radical (unpaired) electrons. The van der Waals surface area contributed by atoms with Crippen molar-refractivity contribution in [2.45, 2.75) is 26.4 Å². The van der Waals surface area contributed by atoms with Gasteiger partial charge in [0.1, 0.15) is 5.69 Å². The Morgan fingerprint density at radius 3 is 2.88 bits per heavy atom. The monoisotopic (exact) mass is 224 g/mol. The first kappa shape index (κ1) is 12.4. The lowest BCUT2D eigenvalue weighted by molar-refractivity contribution is -0.384. The van der Waals surface area contributed by atoms with E-state index in [1.165, 1.54) is 12.1 Å². The summed E-state index contributed by atoms with van der Waals surface area (Å²) in [5, 5.41) is 10.6. The van der Waals surface area contributed by atoms with Gasteiger partial charge in [-0.2, -0.15) is 0 Å². The molecule has 0 aliphatic rings. The molecule has 0 aliphatic carbocycles. The molecule has 0 unspecified atom stereocenters. The fraction of sp³-hybridized carbons (Fsp3) is 0.455. The average Bonchev–Trinajstić information content (AvgIpc) is 2.26. The number of nitrogens with two attached hydrogens (primary N) is 1. The minimum atomic E-state index is -0.481. The van der Waals surface area contributed by atoms with Crippen molar-refractivity contribution >= 4 is 11.4 Å². The number of rotatable bonds is 6. The molecule has 1 rings (SSSR count). The highest BCUT2D eigenvalue weighted by Gasteiger charge is 2.11. The fourth-order valence-electron chi connectivity index (χ4n) is 1.27. The Hall–Kier alpha value is -1.62. The van der Waals surface area contributed by atoms with Gasteiger partial charge in [0.05, 0.1) is 11.5 Å². The lowest BCUT2D eigenvalue weighted by Gasteiger charge is -2.04. The molecule has 0 spiro atoms. The predicted molar refractivity (Wildman–Crippen MR) is 62.1 cm³/mol. The standard InChI is InChI=1S/C11H16N2O3/c1-2-3-6-16-8-9-4-5-10(12)11(7-9)13(14)15/h4-5,7H,2-3,6,8,12H2,1H3. The Morgan fingerprint density at radius 2 is 2.25 bits per heavy atom. The van der Waals surface area contributed by atoms with Crippen LogP contribution in [0.1, 0.15) is 25.3 Å². The van der Waals surface area contributed by atoms with Gasteiger partial charge in [0.25, 0.3) is 5.69 Å². The molecule has 0 bridgehead atoms. The molecule has 88 valence electrons. The summed E-state index contributed by atoms with van der Waals surface area (Å²) in [6.07, 6.45) is 2.07.